The fourth-order valence-corrected chi connectivity index (χ4v) is 2.21. The molecule has 102 valence electrons. The molecule has 1 aromatic rings. The van der Waals surface area contributed by atoms with Crippen molar-refractivity contribution in [1.29, 1.82) is 0 Å². The van der Waals surface area contributed by atoms with E-state index in [1.165, 1.54) is 11.5 Å². The van der Waals surface area contributed by atoms with E-state index in [9.17, 15) is 4.79 Å². The van der Waals surface area contributed by atoms with Crippen LogP contribution in [0.25, 0.3) is 0 Å². The minimum Gasteiger partial charge on any atom is -0.481 e. The molecule has 0 bridgehead atoms. The second-order valence-electron chi connectivity index (χ2n) is 4.87. The van der Waals surface area contributed by atoms with Crippen molar-refractivity contribution in [2.75, 3.05) is 11.9 Å². The van der Waals surface area contributed by atoms with E-state index in [1.54, 1.807) is 0 Å². The summed E-state index contributed by atoms with van der Waals surface area (Å²) in [6.07, 6.45) is 1.92. The zero-order valence-corrected chi connectivity index (χ0v) is 12.0. The Morgan fingerprint density at radius 3 is 2.67 bits per heavy atom. The number of carboxylic acids is 1. The summed E-state index contributed by atoms with van der Waals surface area (Å²) in [4.78, 5) is 14.8. The number of carbonyl (C=O) groups is 1. The van der Waals surface area contributed by atoms with E-state index >= 15 is 0 Å². The van der Waals surface area contributed by atoms with Crippen molar-refractivity contribution in [2.24, 2.45) is 5.92 Å². The zero-order chi connectivity index (χ0) is 13.5. The Morgan fingerprint density at radius 2 is 2.11 bits per heavy atom. The lowest BCUT2D eigenvalue weighted by molar-refractivity contribution is -0.137. The van der Waals surface area contributed by atoms with Crippen molar-refractivity contribution in [3.63, 3.8) is 0 Å². The Balaban J connectivity index is 2.22. The Morgan fingerprint density at radius 1 is 1.39 bits per heavy atom. The fourth-order valence-electron chi connectivity index (χ4n) is 1.48. The normalized spacial score (nSPS) is 12.7. The van der Waals surface area contributed by atoms with Gasteiger partial charge in [-0.05, 0) is 18.8 Å². The predicted molar refractivity (Wildman–Crippen MR) is 73.1 cm³/mol. The van der Waals surface area contributed by atoms with Crippen LogP contribution in [-0.4, -0.2) is 27.0 Å². The third kappa shape index (κ3) is 5.44. The highest BCUT2D eigenvalue weighted by Crippen LogP contribution is 2.18. The first-order valence-electron chi connectivity index (χ1n) is 6.28. The summed E-state index contributed by atoms with van der Waals surface area (Å²) in [5.41, 5.74) is 0. The maximum Gasteiger partial charge on any atom is 0.303 e. The molecule has 0 fully saturated rings. The molecule has 2 N–H and O–H groups in total. The summed E-state index contributed by atoms with van der Waals surface area (Å²) in [6.45, 7) is 7.03. The standard InChI is InChI=1S/C12H21N3O2S/c1-8(2)11-14-12(18-15-11)13-7-6-9(3)4-5-10(16)17/h8-9H,4-7H2,1-3H3,(H,16,17)(H,13,14,15). The van der Waals surface area contributed by atoms with Gasteiger partial charge in [0.2, 0.25) is 5.13 Å². The van der Waals surface area contributed by atoms with Crippen LogP contribution in [0.1, 0.15) is 51.8 Å². The highest BCUT2D eigenvalue weighted by atomic mass is 32.1. The molecular formula is C12H21N3O2S. The Kier molecular flexibility index (Phi) is 6.04. The maximum atomic E-state index is 10.4. The van der Waals surface area contributed by atoms with E-state index in [4.69, 9.17) is 5.11 Å². The van der Waals surface area contributed by atoms with E-state index in [-0.39, 0.29) is 6.42 Å². The van der Waals surface area contributed by atoms with Crippen LogP contribution >= 0.6 is 11.5 Å². The molecule has 1 heterocycles. The van der Waals surface area contributed by atoms with Crippen molar-refractivity contribution in [3.05, 3.63) is 5.82 Å². The van der Waals surface area contributed by atoms with E-state index in [0.717, 1.165) is 30.3 Å². The average Bonchev–Trinajstić information content (AvgIpc) is 2.75. The summed E-state index contributed by atoms with van der Waals surface area (Å²) in [5, 5.41) is 12.7. The topological polar surface area (TPSA) is 75.1 Å². The predicted octanol–water partition coefficient (Wildman–Crippen LogP) is 2.96. The lowest BCUT2D eigenvalue weighted by Gasteiger charge is -2.09. The molecule has 0 aliphatic rings. The summed E-state index contributed by atoms with van der Waals surface area (Å²) < 4.78 is 4.26. The minimum atomic E-state index is -0.722. The molecule has 18 heavy (non-hydrogen) atoms. The average molecular weight is 271 g/mol. The Hall–Kier alpha value is -1.17. The first-order valence-corrected chi connectivity index (χ1v) is 7.05. The molecule has 0 saturated heterocycles. The summed E-state index contributed by atoms with van der Waals surface area (Å²) in [5.74, 6) is 0.916. The SMILES string of the molecule is CC(CCNc1nc(C(C)C)ns1)CCC(=O)O. The van der Waals surface area contributed by atoms with Crippen LogP contribution in [-0.2, 0) is 4.79 Å². The van der Waals surface area contributed by atoms with Crippen molar-refractivity contribution in [1.82, 2.24) is 9.36 Å². The summed E-state index contributed by atoms with van der Waals surface area (Å²) >= 11 is 1.38. The molecular weight excluding hydrogens is 250 g/mol. The quantitative estimate of drug-likeness (QED) is 0.760. The van der Waals surface area contributed by atoms with Gasteiger partial charge in [-0.25, -0.2) is 4.98 Å². The zero-order valence-electron chi connectivity index (χ0n) is 11.1. The van der Waals surface area contributed by atoms with Crippen LogP contribution in [0.4, 0.5) is 5.13 Å². The van der Waals surface area contributed by atoms with E-state index < -0.39 is 5.97 Å². The van der Waals surface area contributed by atoms with Gasteiger partial charge in [-0.3, -0.25) is 4.79 Å². The van der Waals surface area contributed by atoms with E-state index in [2.05, 4.69) is 35.4 Å². The van der Waals surface area contributed by atoms with Crippen LogP contribution in [0.2, 0.25) is 0 Å². The monoisotopic (exact) mass is 271 g/mol. The van der Waals surface area contributed by atoms with Gasteiger partial charge in [0.05, 0.1) is 0 Å². The molecule has 1 aromatic heterocycles. The van der Waals surface area contributed by atoms with E-state index in [1.807, 2.05) is 0 Å². The smallest absolute Gasteiger partial charge is 0.303 e. The molecule has 1 unspecified atom stereocenters. The molecule has 0 aliphatic carbocycles. The molecule has 0 amide bonds. The van der Waals surface area contributed by atoms with Gasteiger partial charge in [0, 0.05) is 30.4 Å². The third-order valence-electron chi connectivity index (χ3n) is 2.72. The van der Waals surface area contributed by atoms with Gasteiger partial charge in [0.15, 0.2) is 0 Å². The van der Waals surface area contributed by atoms with Crippen LogP contribution < -0.4 is 5.32 Å². The van der Waals surface area contributed by atoms with Crippen LogP contribution in [0.15, 0.2) is 0 Å². The second-order valence-corrected chi connectivity index (χ2v) is 5.62. The number of rotatable bonds is 8. The summed E-state index contributed by atoms with van der Waals surface area (Å²) in [7, 11) is 0. The molecule has 5 nitrogen and oxygen atoms in total. The molecule has 1 atom stereocenters. The van der Waals surface area contributed by atoms with Crippen LogP contribution in [0.3, 0.4) is 0 Å². The maximum absolute atomic E-state index is 10.4. The second kappa shape index (κ2) is 7.31. The van der Waals surface area contributed by atoms with Crippen LogP contribution in [0.5, 0.6) is 0 Å². The van der Waals surface area contributed by atoms with Gasteiger partial charge in [0.1, 0.15) is 5.82 Å². The molecule has 6 heteroatoms. The third-order valence-corrected chi connectivity index (χ3v) is 3.41. The number of aromatic nitrogens is 2. The van der Waals surface area contributed by atoms with Gasteiger partial charge < -0.3 is 10.4 Å². The Bertz CT molecular complexity index is 379. The van der Waals surface area contributed by atoms with Gasteiger partial charge in [0.25, 0.3) is 0 Å². The van der Waals surface area contributed by atoms with Crippen molar-refractivity contribution in [3.8, 4) is 0 Å². The molecule has 0 radical (unpaired) electrons. The van der Waals surface area contributed by atoms with Crippen LogP contribution in [0, 0.1) is 5.92 Å². The van der Waals surface area contributed by atoms with Gasteiger partial charge in [-0.15, -0.1) is 0 Å². The highest BCUT2D eigenvalue weighted by Gasteiger charge is 2.08. The number of nitrogens with one attached hydrogen (secondary N) is 1. The lowest BCUT2D eigenvalue weighted by atomic mass is 10.0. The van der Waals surface area contributed by atoms with Gasteiger partial charge >= 0.3 is 5.97 Å². The van der Waals surface area contributed by atoms with Crippen molar-refractivity contribution < 1.29 is 9.90 Å². The van der Waals surface area contributed by atoms with E-state index in [0.29, 0.717) is 11.8 Å². The lowest BCUT2D eigenvalue weighted by Crippen LogP contribution is -2.08. The largest absolute Gasteiger partial charge is 0.481 e. The molecule has 1 rings (SSSR count). The number of carboxylic acid groups (broad SMARTS) is 1. The van der Waals surface area contributed by atoms with Gasteiger partial charge in [-0.2, -0.15) is 4.37 Å². The fraction of sp³-hybridized carbons (Fsp3) is 0.750. The molecule has 0 aliphatic heterocycles. The molecule has 0 spiro atoms. The number of anilines is 1. The van der Waals surface area contributed by atoms with Gasteiger partial charge in [-0.1, -0.05) is 20.8 Å². The first-order chi connectivity index (χ1) is 8.49. The highest BCUT2D eigenvalue weighted by molar-refractivity contribution is 7.09. The number of nitrogens with zero attached hydrogens (tertiary/aromatic N) is 2. The molecule has 0 saturated carbocycles. The van der Waals surface area contributed by atoms with Crippen molar-refractivity contribution >= 4 is 22.6 Å². The number of hydrogen-bond acceptors (Lipinski definition) is 5. The molecule has 0 aromatic carbocycles. The number of aliphatic carboxylic acids is 1. The number of hydrogen-bond donors (Lipinski definition) is 2. The van der Waals surface area contributed by atoms with Crippen molar-refractivity contribution in [2.45, 2.75) is 46.0 Å². The minimum absolute atomic E-state index is 0.247. The Labute approximate surface area is 112 Å². The summed E-state index contributed by atoms with van der Waals surface area (Å²) in [6, 6.07) is 0. The first kappa shape index (κ1) is 14.9.